The summed E-state index contributed by atoms with van der Waals surface area (Å²) in [4.78, 5) is 38.8. The number of allylic oxidation sites excluding steroid dienone is 4. The van der Waals surface area contributed by atoms with E-state index in [-0.39, 0.29) is 39.5 Å². The molecular formula is C25H23NO6. The number of fused-ring (bicyclic) bond motifs is 3. The van der Waals surface area contributed by atoms with Crippen molar-refractivity contribution in [1.29, 1.82) is 0 Å². The van der Waals surface area contributed by atoms with Crippen LogP contribution in [0.25, 0.3) is 0 Å². The molecule has 2 aromatic carbocycles. The lowest BCUT2D eigenvalue weighted by Crippen LogP contribution is -2.41. The molecule has 1 aliphatic heterocycles. The number of aromatic hydroxyl groups is 2. The minimum Gasteiger partial charge on any atom is -0.507 e. The number of hydrogen-bond donors (Lipinski definition) is 3. The van der Waals surface area contributed by atoms with E-state index in [1.54, 1.807) is 13.8 Å². The van der Waals surface area contributed by atoms with Gasteiger partial charge < -0.3 is 20.3 Å². The fraction of sp³-hybridized carbons (Fsp3) is 0.240. The van der Waals surface area contributed by atoms with Gasteiger partial charge in [-0.1, -0.05) is 30.3 Å². The maximum atomic E-state index is 13.7. The normalized spacial score (nSPS) is 20.8. The summed E-state index contributed by atoms with van der Waals surface area (Å²) < 4.78 is 5.76. The second kappa shape index (κ2) is 7.37. The van der Waals surface area contributed by atoms with Crippen LogP contribution in [0.5, 0.6) is 17.2 Å². The van der Waals surface area contributed by atoms with Crippen molar-refractivity contribution in [3.63, 3.8) is 0 Å². The molecule has 0 spiro atoms. The fourth-order valence-corrected chi connectivity index (χ4v) is 4.28. The van der Waals surface area contributed by atoms with E-state index in [1.807, 2.05) is 30.3 Å². The van der Waals surface area contributed by atoms with E-state index in [1.165, 1.54) is 19.9 Å². The Morgan fingerprint density at radius 1 is 1.09 bits per heavy atom. The number of phenolic OH excluding ortho intramolecular Hbond substituents is 2. The monoisotopic (exact) mass is 433 g/mol. The van der Waals surface area contributed by atoms with Gasteiger partial charge in [-0.05, 0) is 33.3 Å². The number of Topliss-reactive ketones (excluding diaryl/α,β-unsaturated/α-hetero) is 2. The van der Waals surface area contributed by atoms with Crippen molar-refractivity contribution in [1.82, 2.24) is 5.32 Å². The van der Waals surface area contributed by atoms with Crippen LogP contribution in [0.15, 0.2) is 53.4 Å². The topological polar surface area (TPSA) is 113 Å². The van der Waals surface area contributed by atoms with Gasteiger partial charge in [0, 0.05) is 23.9 Å². The summed E-state index contributed by atoms with van der Waals surface area (Å²) in [5.74, 6) is -2.39. The Labute approximate surface area is 185 Å². The molecule has 0 unspecified atom stereocenters. The lowest BCUT2D eigenvalue weighted by Gasteiger charge is -2.29. The molecule has 1 heterocycles. The molecule has 0 saturated heterocycles. The average Bonchev–Trinajstić information content (AvgIpc) is 3.04. The van der Waals surface area contributed by atoms with E-state index in [0.29, 0.717) is 12.2 Å². The van der Waals surface area contributed by atoms with Crippen molar-refractivity contribution in [2.24, 2.45) is 0 Å². The molecule has 32 heavy (non-hydrogen) atoms. The highest BCUT2D eigenvalue weighted by Crippen LogP contribution is 2.57. The van der Waals surface area contributed by atoms with Gasteiger partial charge in [-0.25, -0.2) is 0 Å². The van der Waals surface area contributed by atoms with Gasteiger partial charge in [-0.15, -0.1) is 0 Å². The molecule has 0 aromatic heterocycles. The van der Waals surface area contributed by atoms with E-state index < -0.39 is 28.5 Å². The predicted octanol–water partition coefficient (Wildman–Crippen LogP) is 3.36. The van der Waals surface area contributed by atoms with Gasteiger partial charge in [0.15, 0.2) is 17.3 Å². The van der Waals surface area contributed by atoms with Gasteiger partial charge >= 0.3 is 0 Å². The molecule has 0 radical (unpaired) electrons. The molecule has 0 saturated carbocycles. The number of nitrogens with one attached hydrogen (secondary N) is 1. The highest BCUT2D eigenvalue weighted by molar-refractivity contribution is 6.31. The molecule has 2 aromatic rings. The Bertz CT molecular complexity index is 1260. The van der Waals surface area contributed by atoms with E-state index in [2.05, 4.69) is 5.32 Å². The summed E-state index contributed by atoms with van der Waals surface area (Å²) in [6.07, 6.45) is 1.21. The van der Waals surface area contributed by atoms with Gasteiger partial charge in [0.25, 0.3) is 0 Å². The van der Waals surface area contributed by atoms with Crippen LogP contribution in [-0.2, 0) is 21.5 Å². The first-order valence-electron chi connectivity index (χ1n) is 10.2. The zero-order chi connectivity index (χ0) is 23.4. The van der Waals surface area contributed by atoms with E-state index in [0.717, 1.165) is 5.56 Å². The highest BCUT2D eigenvalue weighted by atomic mass is 16.5. The zero-order valence-corrected chi connectivity index (χ0v) is 18.2. The number of rotatable bonds is 4. The Hall–Kier alpha value is -3.87. The van der Waals surface area contributed by atoms with Crippen molar-refractivity contribution in [3.8, 4) is 17.2 Å². The van der Waals surface area contributed by atoms with E-state index >= 15 is 0 Å². The molecule has 0 bridgehead atoms. The molecule has 1 atom stereocenters. The van der Waals surface area contributed by atoms with Crippen molar-refractivity contribution in [3.05, 3.63) is 75.7 Å². The third-order valence-electron chi connectivity index (χ3n) is 6.16. The maximum Gasteiger partial charge on any atom is 0.194 e. The zero-order valence-electron chi connectivity index (χ0n) is 18.2. The third-order valence-corrected chi connectivity index (χ3v) is 6.16. The Balaban J connectivity index is 1.85. The molecule has 3 N–H and O–H groups in total. The summed E-state index contributed by atoms with van der Waals surface area (Å²) in [6, 6.07) is 9.53. The number of carbonyl (C=O) groups excluding carboxylic acids is 3. The molecule has 0 fully saturated rings. The smallest absolute Gasteiger partial charge is 0.194 e. The Morgan fingerprint density at radius 2 is 1.75 bits per heavy atom. The number of hydrogen-bond acceptors (Lipinski definition) is 7. The number of ether oxygens (including phenoxy) is 1. The van der Waals surface area contributed by atoms with E-state index in [9.17, 15) is 24.6 Å². The second-order valence-electron chi connectivity index (χ2n) is 8.23. The summed E-state index contributed by atoms with van der Waals surface area (Å²) in [7, 11) is 0. The lowest BCUT2D eigenvalue weighted by molar-refractivity contribution is -0.123. The largest absolute Gasteiger partial charge is 0.507 e. The molecule has 7 nitrogen and oxygen atoms in total. The standard InChI is InChI=1S/C25H23NO6/c1-12-21(29)19(14(3)27)23-20(22(12)30)25(4)17(32-23)10-16(28)18(24(25)31)13(2)26-11-15-8-6-5-7-9-15/h5-10,26,29-30H,11H2,1-4H3/b18-13+/t25-/m0/s1. The third kappa shape index (κ3) is 2.92. The maximum absolute atomic E-state index is 13.7. The molecule has 4 rings (SSSR count). The van der Waals surface area contributed by atoms with Crippen LogP contribution < -0.4 is 10.1 Å². The summed E-state index contributed by atoms with van der Waals surface area (Å²) >= 11 is 0. The van der Waals surface area contributed by atoms with Gasteiger partial charge in [-0.2, -0.15) is 0 Å². The van der Waals surface area contributed by atoms with Gasteiger partial charge in [0.1, 0.15) is 34.0 Å². The Kier molecular flexibility index (Phi) is 4.92. The lowest BCUT2D eigenvalue weighted by atomic mass is 9.70. The number of phenols is 2. The first kappa shape index (κ1) is 21.4. The molecular weight excluding hydrogens is 410 g/mol. The number of ketones is 3. The molecule has 7 heteroatoms. The van der Waals surface area contributed by atoms with Crippen LogP contribution in [0.3, 0.4) is 0 Å². The van der Waals surface area contributed by atoms with Gasteiger partial charge in [-0.3, -0.25) is 14.4 Å². The van der Waals surface area contributed by atoms with Crippen molar-refractivity contribution < 1.29 is 29.3 Å². The van der Waals surface area contributed by atoms with Crippen LogP contribution >= 0.6 is 0 Å². The number of carbonyl (C=O) groups is 3. The van der Waals surface area contributed by atoms with Gasteiger partial charge in [0.2, 0.25) is 0 Å². The van der Waals surface area contributed by atoms with E-state index in [4.69, 9.17) is 4.74 Å². The Morgan fingerprint density at radius 3 is 2.38 bits per heavy atom. The first-order valence-corrected chi connectivity index (χ1v) is 10.2. The molecule has 1 aliphatic carbocycles. The van der Waals surface area contributed by atoms with Crippen molar-refractivity contribution in [2.45, 2.75) is 39.7 Å². The molecule has 0 amide bonds. The summed E-state index contributed by atoms with van der Waals surface area (Å²) in [5, 5.41) is 24.4. The number of benzene rings is 2. The minimum atomic E-state index is -1.51. The van der Waals surface area contributed by atoms with Crippen LogP contribution in [0.2, 0.25) is 0 Å². The van der Waals surface area contributed by atoms with Crippen molar-refractivity contribution >= 4 is 17.3 Å². The fourth-order valence-electron chi connectivity index (χ4n) is 4.28. The van der Waals surface area contributed by atoms with Crippen LogP contribution in [0.4, 0.5) is 0 Å². The molecule has 2 aliphatic rings. The summed E-state index contributed by atoms with van der Waals surface area (Å²) in [6.45, 7) is 6.32. The first-order chi connectivity index (χ1) is 15.1. The van der Waals surface area contributed by atoms with Crippen LogP contribution in [0, 0.1) is 6.92 Å². The van der Waals surface area contributed by atoms with Gasteiger partial charge in [0.05, 0.1) is 11.1 Å². The SMILES string of the molecule is CC(=O)c1c(O)c(C)c(O)c2c1OC1=CC(=O)/C(=C(/C)NCc3ccccc3)C(=O)[C@@]12C. The second-order valence-corrected chi connectivity index (χ2v) is 8.23. The minimum absolute atomic E-state index is 0.0184. The van der Waals surface area contributed by atoms with Crippen LogP contribution in [-0.4, -0.2) is 27.6 Å². The van der Waals surface area contributed by atoms with Crippen molar-refractivity contribution in [2.75, 3.05) is 0 Å². The predicted molar refractivity (Wildman–Crippen MR) is 117 cm³/mol. The highest BCUT2D eigenvalue weighted by Gasteiger charge is 2.56. The average molecular weight is 433 g/mol. The quantitative estimate of drug-likeness (QED) is 0.385. The summed E-state index contributed by atoms with van der Waals surface area (Å²) in [5.41, 5.74) is -0.161. The molecule has 164 valence electrons. The van der Waals surface area contributed by atoms with Crippen LogP contribution in [0.1, 0.15) is 47.8 Å².